The van der Waals surface area contributed by atoms with Crippen LogP contribution in [0.25, 0.3) is 0 Å². The highest BCUT2D eigenvalue weighted by atomic mass is 19.4. The van der Waals surface area contributed by atoms with E-state index in [9.17, 15) is 18.3 Å². The summed E-state index contributed by atoms with van der Waals surface area (Å²) < 4.78 is 52.0. The zero-order chi connectivity index (χ0) is 31.2. The number of benzene rings is 1. The van der Waals surface area contributed by atoms with E-state index < -0.39 is 17.4 Å². The van der Waals surface area contributed by atoms with Crippen LogP contribution in [0.2, 0.25) is 0 Å². The van der Waals surface area contributed by atoms with Crippen molar-refractivity contribution in [3.63, 3.8) is 0 Å². The van der Waals surface area contributed by atoms with Crippen LogP contribution in [0.3, 0.4) is 0 Å². The number of methoxy groups -OCH3 is 1. The molecule has 1 aromatic rings. The Kier molecular flexibility index (Phi) is 9.43. The molecule has 4 aliphatic carbocycles. The molecule has 0 aliphatic heterocycles. The second kappa shape index (κ2) is 12.3. The van der Waals surface area contributed by atoms with Gasteiger partial charge in [0.2, 0.25) is 0 Å². The lowest BCUT2D eigenvalue weighted by molar-refractivity contribution is -0.155. The Labute approximate surface area is 258 Å². The van der Waals surface area contributed by atoms with Gasteiger partial charge in [-0.3, -0.25) is 0 Å². The van der Waals surface area contributed by atoms with E-state index in [1.807, 2.05) is 24.3 Å². The summed E-state index contributed by atoms with van der Waals surface area (Å²) in [4.78, 5) is 0. The van der Waals surface area contributed by atoms with Crippen LogP contribution in [0.5, 0.6) is 5.75 Å². The fourth-order valence-electron chi connectivity index (χ4n) is 10.7. The van der Waals surface area contributed by atoms with Crippen molar-refractivity contribution in [2.45, 2.75) is 129 Å². The van der Waals surface area contributed by atoms with E-state index in [-0.39, 0.29) is 23.9 Å². The monoisotopic (exact) mass is 604 g/mol. The van der Waals surface area contributed by atoms with E-state index >= 15 is 0 Å². The first-order chi connectivity index (χ1) is 20.2. The van der Waals surface area contributed by atoms with E-state index in [1.165, 1.54) is 32.1 Å². The fourth-order valence-corrected chi connectivity index (χ4v) is 10.7. The lowest BCUT2D eigenvalue weighted by Gasteiger charge is -2.62. The maximum atomic E-state index is 13.4. The standard InChI is InChI=1S/C37H55F3O3/c1-7-36(41)21-20-34(4)27(22-36)11-14-29-31-16-15-30(35(31,5)19-18-32(29)34)25(3)33(17-8-24(2)37(38,39)40)43-23-26-9-12-28(42-6)13-10-26/h9-10,12-13,25,27,29-33,41H,2,7-8,11,14-23H2,1,3-6H3/t25-,27+,29-,30+,31-,32-,33?,34-,35+,36+/m0/s1. The van der Waals surface area contributed by atoms with Crippen molar-refractivity contribution in [3.8, 4) is 5.75 Å². The summed E-state index contributed by atoms with van der Waals surface area (Å²) in [5, 5.41) is 11.1. The van der Waals surface area contributed by atoms with Gasteiger partial charge in [-0.1, -0.05) is 46.4 Å². The largest absolute Gasteiger partial charge is 0.497 e. The smallest absolute Gasteiger partial charge is 0.412 e. The minimum Gasteiger partial charge on any atom is -0.497 e. The molecule has 0 heterocycles. The molecule has 0 saturated heterocycles. The first-order valence-corrected chi connectivity index (χ1v) is 17.0. The third-order valence-electron chi connectivity index (χ3n) is 13.5. The summed E-state index contributed by atoms with van der Waals surface area (Å²) in [5.41, 5.74) is 0.354. The van der Waals surface area contributed by atoms with Gasteiger partial charge in [0, 0.05) is 5.57 Å². The number of fused-ring (bicyclic) bond motifs is 5. The van der Waals surface area contributed by atoms with Crippen LogP contribution in [0.1, 0.15) is 110 Å². The van der Waals surface area contributed by atoms with Gasteiger partial charge < -0.3 is 14.6 Å². The summed E-state index contributed by atoms with van der Waals surface area (Å²) in [7, 11) is 1.63. The Morgan fingerprint density at radius 3 is 2.35 bits per heavy atom. The molecular weight excluding hydrogens is 549 g/mol. The highest BCUT2D eigenvalue weighted by Crippen LogP contribution is 2.69. The van der Waals surface area contributed by atoms with Crippen LogP contribution in [-0.2, 0) is 11.3 Å². The van der Waals surface area contributed by atoms with Gasteiger partial charge in [0.1, 0.15) is 5.75 Å². The normalized spacial score (nSPS) is 38.9. The van der Waals surface area contributed by atoms with E-state index in [2.05, 4.69) is 34.3 Å². The predicted octanol–water partition coefficient (Wildman–Crippen LogP) is 9.92. The molecule has 0 amide bonds. The maximum absolute atomic E-state index is 13.4. The summed E-state index contributed by atoms with van der Waals surface area (Å²) in [6, 6.07) is 7.72. The Hall–Kier alpha value is -1.53. The number of hydrogen-bond acceptors (Lipinski definition) is 3. The molecule has 5 rings (SSSR count). The van der Waals surface area contributed by atoms with Crippen LogP contribution < -0.4 is 4.74 Å². The van der Waals surface area contributed by atoms with E-state index in [4.69, 9.17) is 9.47 Å². The van der Waals surface area contributed by atoms with Crippen LogP contribution in [0.15, 0.2) is 36.4 Å². The molecule has 6 heteroatoms. The quantitative estimate of drug-likeness (QED) is 0.270. The van der Waals surface area contributed by atoms with Crippen LogP contribution in [0, 0.1) is 46.3 Å². The van der Waals surface area contributed by atoms with E-state index in [1.54, 1.807) is 7.11 Å². The number of halogens is 3. The minimum absolute atomic E-state index is 0.0947. The zero-order valence-corrected chi connectivity index (χ0v) is 27.1. The SMILES string of the molecule is C=C(CCC(OCc1ccc(OC)cc1)[C@@H](C)[C@H]1CC[C@H]2[C@@H]3CC[C@@H]4C[C@@](O)(CC)CC[C@]4(C)[C@H]3CC[C@]12C)C(F)(F)F. The van der Waals surface area contributed by atoms with E-state index in [0.29, 0.717) is 42.1 Å². The minimum atomic E-state index is -4.37. The van der Waals surface area contributed by atoms with Crippen molar-refractivity contribution in [3.05, 3.63) is 42.0 Å². The number of aliphatic hydroxyl groups is 1. The average molecular weight is 605 g/mol. The maximum Gasteiger partial charge on any atom is 0.412 e. The molecule has 3 nitrogen and oxygen atoms in total. The fraction of sp³-hybridized carbons (Fsp3) is 0.784. The molecule has 0 aromatic heterocycles. The van der Waals surface area contributed by atoms with Crippen molar-refractivity contribution in [2.75, 3.05) is 7.11 Å². The number of ether oxygens (including phenoxy) is 2. The average Bonchev–Trinajstić information content (AvgIpc) is 3.34. The van der Waals surface area contributed by atoms with E-state index in [0.717, 1.165) is 49.3 Å². The molecule has 0 spiro atoms. The van der Waals surface area contributed by atoms with Gasteiger partial charge in [-0.25, -0.2) is 0 Å². The van der Waals surface area contributed by atoms with Crippen molar-refractivity contribution in [2.24, 2.45) is 46.3 Å². The third kappa shape index (κ3) is 6.30. The topological polar surface area (TPSA) is 38.7 Å². The highest BCUT2D eigenvalue weighted by Gasteiger charge is 2.61. The number of allylic oxidation sites excluding steroid dienone is 1. The van der Waals surface area contributed by atoms with Gasteiger partial charge in [-0.2, -0.15) is 13.2 Å². The van der Waals surface area contributed by atoms with Gasteiger partial charge >= 0.3 is 6.18 Å². The summed E-state index contributed by atoms with van der Waals surface area (Å²) in [5.74, 6) is 4.08. The molecule has 4 fully saturated rings. The second-order valence-corrected chi connectivity index (χ2v) is 15.4. The van der Waals surface area contributed by atoms with Crippen LogP contribution in [0.4, 0.5) is 13.2 Å². The number of rotatable bonds is 10. The van der Waals surface area contributed by atoms with Gasteiger partial charge in [0.05, 0.1) is 25.4 Å². The summed E-state index contributed by atoms with van der Waals surface area (Å²) >= 11 is 0. The zero-order valence-electron chi connectivity index (χ0n) is 27.1. The molecule has 43 heavy (non-hydrogen) atoms. The molecule has 10 atom stereocenters. The van der Waals surface area contributed by atoms with Crippen LogP contribution in [-0.4, -0.2) is 30.1 Å². The van der Waals surface area contributed by atoms with Gasteiger partial charge in [-0.05, 0) is 141 Å². The highest BCUT2D eigenvalue weighted by molar-refractivity contribution is 5.26. The molecule has 4 aliphatic rings. The molecular formula is C37H55F3O3. The lowest BCUT2D eigenvalue weighted by Crippen LogP contribution is -2.56. The third-order valence-corrected chi connectivity index (χ3v) is 13.5. The summed E-state index contributed by atoms with van der Waals surface area (Å²) in [6.07, 6.45) is 6.73. The molecule has 0 radical (unpaired) electrons. The first kappa shape index (κ1) is 32.9. The Bertz CT molecular complexity index is 1120. The molecule has 242 valence electrons. The molecule has 1 N–H and O–H groups in total. The lowest BCUT2D eigenvalue weighted by atomic mass is 9.43. The van der Waals surface area contributed by atoms with Crippen molar-refractivity contribution >= 4 is 0 Å². The van der Waals surface area contributed by atoms with Gasteiger partial charge in [0.15, 0.2) is 0 Å². The molecule has 0 bridgehead atoms. The van der Waals surface area contributed by atoms with Crippen LogP contribution >= 0.6 is 0 Å². The van der Waals surface area contributed by atoms with Crippen molar-refractivity contribution < 1.29 is 27.8 Å². The molecule has 1 aromatic carbocycles. The predicted molar refractivity (Wildman–Crippen MR) is 166 cm³/mol. The first-order valence-electron chi connectivity index (χ1n) is 17.0. The van der Waals surface area contributed by atoms with Gasteiger partial charge in [-0.15, -0.1) is 0 Å². The second-order valence-electron chi connectivity index (χ2n) is 15.4. The Morgan fingerprint density at radius 2 is 1.70 bits per heavy atom. The Morgan fingerprint density at radius 1 is 1.00 bits per heavy atom. The number of alkyl halides is 3. The number of hydrogen-bond donors (Lipinski definition) is 1. The van der Waals surface area contributed by atoms with Gasteiger partial charge in [0.25, 0.3) is 0 Å². The summed E-state index contributed by atoms with van der Waals surface area (Å²) in [6.45, 7) is 13.1. The van der Waals surface area contributed by atoms with Crippen molar-refractivity contribution in [1.29, 1.82) is 0 Å². The Balaban J connectivity index is 1.31. The molecule has 1 unspecified atom stereocenters. The molecule has 4 saturated carbocycles. The van der Waals surface area contributed by atoms with Crippen molar-refractivity contribution in [1.82, 2.24) is 0 Å².